The van der Waals surface area contributed by atoms with Gasteiger partial charge in [0.2, 0.25) is 11.8 Å². The summed E-state index contributed by atoms with van der Waals surface area (Å²) in [7, 11) is 0. The van der Waals surface area contributed by atoms with Gasteiger partial charge in [0, 0.05) is 13.1 Å². The first-order valence-electron chi connectivity index (χ1n) is 27.0. The third-order valence-corrected chi connectivity index (χ3v) is 16.8. The Labute approximate surface area is 434 Å². The summed E-state index contributed by atoms with van der Waals surface area (Å²) in [4.78, 5) is 45.0. The van der Waals surface area contributed by atoms with E-state index in [0.717, 1.165) is 116 Å². The maximum atomic E-state index is 13.6. The minimum absolute atomic E-state index is 0.0575. The van der Waals surface area contributed by atoms with Gasteiger partial charge in [-0.1, -0.05) is 104 Å². The van der Waals surface area contributed by atoms with Crippen LogP contribution in [0.1, 0.15) is 178 Å². The zero-order valence-corrected chi connectivity index (χ0v) is 44.1. The minimum atomic E-state index is -5.08. The molecule has 2 fully saturated rings. The van der Waals surface area contributed by atoms with Gasteiger partial charge in [0.15, 0.2) is 0 Å². The molecule has 4 aliphatic carbocycles. The van der Waals surface area contributed by atoms with Gasteiger partial charge in [-0.2, -0.15) is 26.3 Å². The van der Waals surface area contributed by atoms with Crippen LogP contribution in [0.25, 0.3) is 0 Å². The summed E-state index contributed by atoms with van der Waals surface area (Å²) in [5.74, 6) is -3.80. The van der Waals surface area contributed by atoms with E-state index >= 15 is 0 Å². The standard InChI is InChI=1S/C52H82N4O4.2C2HF3O2/c1-49-27-15-29-51(3,45(49)25-21-39-19-23-41(57)37-43(39)49)47(59)55-35-17-33-53-31-13-11-9-7-5-6-8-10-12-14-32-54-34-18-36-56-48(60)52(4)30-16-28-50(2)44-38-42(58)24-20-40(44)22-26-46(50)52;2*3-2(4,5)1(6)7/h19-20,23-24,37-38,45-46,53-54,57-58H,5-18,21-22,25-36H2,1-4H3,(H,55,59)(H,56,60);2*(H,6,7)/t45-,46-,49-,50-,51+,52+;;/m1../s1. The Hall–Kier alpha value is -4.58. The third kappa shape index (κ3) is 17.0. The number of halogens is 6. The monoisotopic (exact) mass is 1050 g/mol. The van der Waals surface area contributed by atoms with Crippen LogP contribution < -0.4 is 21.3 Å². The number of alkyl halides is 6. The van der Waals surface area contributed by atoms with Crippen LogP contribution in [0.3, 0.4) is 0 Å². The van der Waals surface area contributed by atoms with Gasteiger partial charge in [-0.25, -0.2) is 9.59 Å². The number of benzene rings is 2. The van der Waals surface area contributed by atoms with Crippen molar-refractivity contribution in [1.29, 1.82) is 0 Å². The lowest BCUT2D eigenvalue weighted by atomic mass is 9.49. The Morgan fingerprint density at radius 1 is 0.500 bits per heavy atom. The lowest BCUT2D eigenvalue weighted by Crippen LogP contribution is -2.55. The van der Waals surface area contributed by atoms with Gasteiger partial charge in [-0.15, -0.1) is 0 Å². The van der Waals surface area contributed by atoms with Gasteiger partial charge in [-0.05, 0) is 172 Å². The van der Waals surface area contributed by atoms with E-state index in [1.54, 1.807) is 12.1 Å². The Kier molecular flexibility index (Phi) is 23.4. The normalized spacial score (nSPS) is 25.0. The molecule has 0 unspecified atom stereocenters. The number of rotatable bonds is 23. The number of aromatic hydroxyl groups is 2. The predicted octanol–water partition coefficient (Wildman–Crippen LogP) is 11.2. The molecule has 0 aromatic heterocycles. The number of hydrogen-bond donors (Lipinski definition) is 8. The van der Waals surface area contributed by atoms with Crippen LogP contribution in [0.5, 0.6) is 11.5 Å². The fourth-order valence-electron chi connectivity index (χ4n) is 12.8. The lowest BCUT2D eigenvalue weighted by molar-refractivity contribution is -0.193. The molecule has 12 nitrogen and oxygen atoms in total. The molecule has 0 bridgehead atoms. The fourth-order valence-corrected chi connectivity index (χ4v) is 12.8. The highest BCUT2D eigenvalue weighted by molar-refractivity contribution is 5.84. The minimum Gasteiger partial charge on any atom is -0.508 e. The molecule has 8 N–H and O–H groups in total. The average molecular weight is 1060 g/mol. The first-order chi connectivity index (χ1) is 34.8. The van der Waals surface area contributed by atoms with E-state index in [4.69, 9.17) is 19.8 Å². The summed E-state index contributed by atoms with van der Waals surface area (Å²) in [6.07, 6.45) is 15.0. The molecule has 6 rings (SSSR count). The smallest absolute Gasteiger partial charge is 0.490 e. The van der Waals surface area contributed by atoms with Crippen molar-refractivity contribution in [3.05, 3.63) is 58.7 Å². The number of amides is 2. The number of nitrogens with one attached hydrogen (secondary N) is 4. The molecule has 74 heavy (non-hydrogen) atoms. The zero-order chi connectivity index (χ0) is 54.8. The number of fused-ring (bicyclic) bond motifs is 6. The van der Waals surface area contributed by atoms with E-state index < -0.39 is 24.3 Å². The maximum Gasteiger partial charge on any atom is 0.490 e. The molecule has 0 spiro atoms. The molecule has 2 aromatic rings. The molecule has 0 heterocycles. The zero-order valence-electron chi connectivity index (χ0n) is 44.1. The van der Waals surface area contributed by atoms with Crippen molar-refractivity contribution in [3.63, 3.8) is 0 Å². The van der Waals surface area contributed by atoms with Gasteiger partial charge in [0.05, 0.1) is 10.8 Å². The van der Waals surface area contributed by atoms with Gasteiger partial charge in [-0.3, -0.25) is 9.59 Å². The number of hydrogen-bond acceptors (Lipinski definition) is 8. The molecule has 0 aliphatic heterocycles. The second-order valence-electron chi connectivity index (χ2n) is 22.1. The van der Waals surface area contributed by atoms with Gasteiger partial charge in [0.1, 0.15) is 11.5 Å². The van der Waals surface area contributed by atoms with Crippen LogP contribution in [0, 0.1) is 22.7 Å². The van der Waals surface area contributed by atoms with Crippen molar-refractivity contribution in [3.8, 4) is 11.5 Å². The van der Waals surface area contributed by atoms with E-state index in [1.165, 1.54) is 86.5 Å². The molecule has 418 valence electrons. The number of aryl methyl sites for hydroxylation is 2. The number of carboxylic acids is 2. The van der Waals surface area contributed by atoms with Crippen LogP contribution in [0.4, 0.5) is 26.3 Å². The largest absolute Gasteiger partial charge is 0.508 e. The van der Waals surface area contributed by atoms with Crippen molar-refractivity contribution < 1.29 is 65.9 Å². The fraction of sp³-hybridized carbons (Fsp3) is 0.714. The number of aliphatic carboxylic acids is 2. The lowest BCUT2D eigenvalue weighted by Gasteiger charge is -2.54. The van der Waals surface area contributed by atoms with Crippen molar-refractivity contribution in [2.24, 2.45) is 22.7 Å². The molecule has 2 saturated carbocycles. The van der Waals surface area contributed by atoms with Gasteiger partial charge < -0.3 is 41.7 Å². The number of phenols is 2. The van der Waals surface area contributed by atoms with Crippen LogP contribution in [0.15, 0.2) is 36.4 Å². The number of carboxylic acid groups (broad SMARTS) is 2. The summed E-state index contributed by atoms with van der Waals surface area (Å²) in [5, 5.41) is 48.5. The third-order valence-electron chi connectivity index (χ3n) is 16.8. The molecule has 4 aliphatic rings. The van der Waals surface area contributed by atoms with Crippen molar-refractivity contribution in [1.82, 2.24) is 21.3 Å². The molecule has 2 aromatic carbocycles. The molecular weight excluding hydrogens is 971 g/mol. The Morgan fingerprint density at radius 2 is 0.811 bits per heavy atom. The SMILES string of the molecule is C[C@]1(C(=O)NCCCNCCCCCCCCCCCCNCCCNC(=O)[C@@]2(C)CCC[C@]3(C)c4cc(O)ccc4CC[C@@H]23)CCC[C@]2(C)c3cc(O)ccc3CC[C@@H]12.O=C(O)C(F)(F)F.O=C(O)C(F)(F)F. The first kappa shape index (κ1) is 62.0. The number of unbranched alkanes of at least 4 members (excludes halogenated alkanes) is 9. The predicted molar refractivity (Wildman–Crippen MR) is 273 cm³/mol. The highest BCUT2D eigenvalue weighted by atomic mass is 19.4. The molecule has 0 radical (unpaired) electrons. The highest BCUT2D eigenvalue weighted by Crippen LogP contribution is 2.59. The van der Waals surface area contributed by atoms with E-state index in [1.807, 2.05) is 12.1 Å². The Morgan fingerprint density at radius 3 is 1.14 bits per heavy atom. The van der Waals surface area contributed by atoms with E-state index in [9.17, 15) is 46.1 Å². The Bertz CT molecular complexity index is 1990. The molecule has 0 saturated heterocycles. The second kappa shape index (κ2) is 28.0. The summed E-state index contributed by atoms with van der Waals surface area (Å²) in [5.41, 5.74) is 4.37. The van der Waals surface area contributed by atoms with Crippen molar-refractivity contribution in [2.75, 3.05) is 39.3 Å². The summed E-state index contributed by atoms with van der Waals surface area (Å²) < 4.78 is 63.5. The summed E-state index contributed by atoms with van der Waals surface area (Å²) >= 11 is 0. The van der Waals surface area contributed by atoms with E-state index in [-0.39, 0.29) is 33.5 Å². The topological polar surface area (TPSA) is 197 Å². The first-order valence-corrected chi connectivity index (χ1v) is 27.0. The number of phenolic OH excluding ortho intramolecular Hbond substituents is 2. The molecule has 18 heteroatoms. The molecular formula is C56H84F6N4O8. The summed E-state index contributed by atoms with van der Waals surface area (Å²) in [6.45, 7) is 14.5. The second-order valence-corrected chi connectivity index (χ2v) is 22.1. The number of carbonyl (C=O) groups excluding carboxylic acids is 2. The molecule has 2 amide bonds. The maximum absolute atomic E-state index is 13.6. The number of carbonyl (C=O) groups is 4. The van der Waals surface area contributed by atoms with Crippen LogP contribution in [0.2, 0.25) is 0 Å². The quantitative estimate of drug-likeness (QED) is 0.0392. The van der Waals surface area contributed by atoms with Crippen LogP contribution in [-0.4, -0.2) is 95.8 Å². The van der Waals surface area contributed by atoms with Crippen molar-refractivity contribution >= 4 is 23.8 Å². The molecule has 6 atom stereocenters. The van der Waals surface area contributed by atoms with Gasteiger partial charge in [0.25, 0.3) is 0 Å². The summed E-state index contributed by atoms with van der Waals surface area (Å²) in [6, 6.07) is 11.7. The van der Waals surface area contributed by atoms with Crippen LogP contribution in [-0.2, 0) is 42.8 Å². The average Bonchev–Trinajstić information content (AvgIpc) is 3.33. The Balaban J connectivity index is 0.000000743. The highest BCUT2D eigenvalue weighted by Gasteiger charge is 2.56. The van der Waals surface area contributed by atoms with E-state index in [2.05, 4.69) is 61.1 Å². The van der Waals surface area contributed by atoms with Gasteiger partial charge >= 0.3 is 24.3 Å². The van der Waals surface area contributed by atoms with E-state index in [0.29, 0.717) is 23.3 Å². The van der Waals surface area contributed by atoms with Crippen molar-refractivity contribution in [2.45, 2.75) is 192 Å². The van der Waals surface area contributed by atoms with Crippen LogP contribution >= 0.6 is 0 Å².